The van der Waals surface area contributed by atoms with Crippen LogP contribution in [0, 0.1) is 29.8 Å². The van der Waals surface area contributed by atoms with Gasteiger partial charge in [-0.1, -0.05) is 30.3 Å². The number of nitrogens with zero attached hydrogens (tertiary/aromatic N) is 3. The van der Waals surface area contributed by atoms with Crippen molar-refractivity contribution in [3.05, 3.63) is 86.5 Å². The van der Waals surface area contributed by atoms with Crippen LogP contribution in [0.3, 0.4) is 0 Å². The van der Waals surface area contributed by atoms with Crippen LogP contribution in [0.25, 0.3) is 0 Å². The van der Waals surface area contributed by atoms with E-state index in [1.54, 1.807) is 13.8 Å². The van der Waals surface area contributed by atoms with E-state index in [1.807, 2.05) is 30.3 Å². The van der Waals surface area contributed by atoms with Crippen LogP contribution in [0.2, 0.25) is 0 Å². The first-order chi connectivity index (χ1) is 13.4. The smallest absolute Gasteiger partial charge is 0.312 e. The molecule has 0 spiro atoms. The second-order valence-corrected chi connectivity index (χ2v) is 6.66. The van der Waals surface area contributed by atoms with Crippen molar-refractivity contribution in [1.29, 1.82) is 0 Å². The Morgan fingerprint density at radius 1 is 1.29 bits per heavy atom. The third-order valence-electron chi connectivity index (χ3n) is 4.74. The van der Waals surface area contributed by atoms with Crippen LogP contribution < -0.4 is 4.74 Å². The molecule has 1 aliphatic rings. The summed E-state index contributed by atoms with van der Waals surface area (Å²) in [6.07, 6.45) is -0.604. The van der Waals surface area contributed by atoms with Crippen LogP contribution in [-0.2, 0) is 17.9 Å². The molecule has 1 atom stereocenters. The van der Waals surface area contributed by atoms with Gasteiger partial charge in [0.15, 0.2) is 0 Å². The zero-order valence-corrected chi connectivity index (χ0v) is 15.4. The van der Waals surface area contributed by atoms with Crippen molar-refractivity contribution in [2.45, 2.75) is 33.3 Å². The summed E-state index contributed by atoms with van der Waals surface area (Å²) in [5.41, 5.74) is 2.70. The van der Waals surface area contributed by atoms with Crippen LogP contribution >= 0.6 is 0 Å². The Morgan fingerprint density at radius 2 is 2.04 bits per heavy atom. The minimum absolute atomic E-state index is 0.0308. The lowest BCUT2D eigenvalue weighted by molar-refractivity contribution is -0.386. The number of hydrogen-bond acceptors (Lipinski definition) is 5. The number of ether oxygens (including phenoxy) is 2. The summed E-state index contributed by atoms with van der Waals surface area (Å²) >= 11 is 0. The van der Waals surface area contributed by atoms with E-state index in [0.29, 0.717) is 28.3 Å². The van der Waals surface area contributed by atoms with Crippen molar-refractivity contribution >= 4 is 5.69 Å². The van der Waals surface area contributed by atoms with Gasteiger partial charge < -0.3 is 9.47 Å². The molecule has 0 fully saturated rings. The van der Waals surface area contributed by atoms with Crippen LogP contribution in [-0.4, -0.2) is 14.7 Å². The fraction of sp³-hybridized carbons (Fsp3) is 0.250. The predicted molar refractivity (Wildman–Crippen MR) is 98.5 cm³/mol. The molecule has 2 heterocycles. The van der Waals surface area contributed by atoms with Gasteiger partial charge >= 0.3 is 5.69 Å². The Labute approximate surface area is 160 Å². The largest absolute Gasteiger partial charge is 0.460 e. The van der Waals surface area contributed by atoms with Crippen molar-refractivity contribution in [2.24, 2.45) is 0 Å². The van der Waals surface area contributed by atoms with E-state index in [4.69, 9.17) is 9.47 Å². The second kappa shape index (κ2) is 7.05. The molecule has 3 aromatic rings. The molecule has 28 heavy (non-hydrogen) atoms. The van der Waals surface area contributed by atoms with Gasteiger partial charge in [0.2, 0.25) is 6.29 Å². The number of nitro groups is 1. The first-order valence-electron chi connectivity index (χ1n) is 8.77. The lowest BCUT2D eigenvalue weighted by Crippen LogP contribution is -2.20. The normalized spacial score (nSPS) is 15.8. The molecule has 2 aromatic carbocycles. The maximum absolute atomic E-state index is 14.1. The third kappa shape index (κ3) is 3.22. The number of rotatable bonds is 4. The van der Waals surface area contributed by atoms with Gasteiger partial charge in [-0.25, -0.2) is 4.39 Å². The number of benzene rings is 2. The van der Waals surface area contributed by atoms with Gasteiger partial charge in [0.05, 0.1) is 18.1 Å². The van der Waals surface area contributed by atoms with Gasteiger partial charge in [0, 0.05) is 16.7 Å². The maximum Gasteiger partial charge on any atom is 0.312 e. The SMILES string of the molecule is Cc1nn(Cc2cc(F)cc3c2O[C@@H](c2ccccc2)OC3)c(C)c1[N+](=O)[O-]. The van der Waals surface area contributed by atoms with Crippen molar-refractivity contribution < 1.29 is 18.8 Å². The van der Waals surface area contributed by atoms with Crippen LogP contribution in [0.1, 0.15) is 34.4 Å². The predicted octanol–water partition coefficient (Wildman–Crippen LogP) is 4.20. The zero-order chi connectivity index (χ0) is 19.8. The molecule has 7 nitrogen and oxygen atoms in total. The first kappa shape index (κ1) is 18.1. The van der Waals surface area contributed by atoms with Gasteiger partial charge in [-0.3, -0.25) is 14.8 Å². The fourth-order valence-corrected chi connectivity index (χ4v) is 3.44. The molecule has 0 bridgehead atoms. The number of aromatic nitrogens is 2. The molecule has 0 N–H and O–H groups in total. The molecule has 0 unspecified atom stereocenters. The topological polar surface area (TPSA) is 79.4 Å². The van der Waals surface area contributed by atoms with Gasteiger partial charge in [-0.15, -0.1) is 0 Å². The molecule has 0 saturated carbocycles. The van der Waals surface area contributed by atoms with Crippen LogP contribution in [0.15, 0.2) is 42.5 Å². The molecular formula is C20H18FN3O4. The molecule has 0 amide bonds. The van der Waals surface area contributed by atoms with E-state index in [1.165, 1.54) is 16.8 Å². The molecule has 0 aliphatic carbocycles. The number of aryl methyl sites for hydroxylation is 1. The summed E-state index contributed by atoms with van der Waals surface area (Å²) in [6.45, 7) is 3.57. The van der Waals surface area contributed by atoms with E-state index in [0.717, 1.165) is 5.56 Å². The van der Waals surface area contributed by atoms with E-state index in [-0.39, 0.29) is 18.8 Å². The average Bonchev–Trinajstić information content (AvgIpc) is 2.95. The monoisotopic (exact) mass is 383 g/mol. The van der Waals surface area contributed by atoms with Crippen molar-refractivity contribution in [2.75, 3.05) is 0 Å². The summed E-state index contributed by atoms with van der Waals surface area (Å²) in [7, 11) is 0. The van der Waals surface area contributed by atoms with Crippen molar-refractivity contribution in [3.8, 4) is 5.75 Å². The number of halogens is 1. The maximum atomic E-state index is 14.1. The highest BCUT2D eigenvalue weighted by molar-refractivity contribution is 5.45. The van der Waals surface area contributed by atoms with Gasteiger partial charge in [0.25, 0.3) is 0 Å². The molecule has 0 saturated heterocycles. The highest BCUT2D eigenvalue weighted by Crippen LogP contribution is 2.37. The summed E-state index contributed by atoms with van der Waals surface area (Å²) < 4.78 is 27.4. The minimum atomic E-state index is -0.604. The summed E-state index contributed by atoms with van der Waals surface area (Å²) in [4.78, 5) is 10.8. The van der Waals surface area contributed by atoms with E-state index >= 15 is 0 Å². The highest BCUT2D eigenvalue weighted by Gasteiger charge is 2.27. The molecule has 1 aromatic heterocycles. The summed E-state index contributed by atoms with van der Waals surface area (Å²) in [6, 6.07) is 12.2. The highest BCUT2D eigenvalue weighted by atomic mass is 19.1. The molecular weight excluding hydrogens is 365 g/mol. The van der Waals surface area contributed by atoms with Gasteiger partial charge in [-0.2, -0.15) is 5.10 Å². The first-order valence-corrected chi connectivity index (χ1v) is 8.77. The average molecular weight is 383 g/mol. The summed E-state index contributed by atoms with van der Waals surface area (Å²) in [5.74, 6) is 0.104. The van der Waals surface area contributed by atoms with E-state index in [2.05, 4.69) is 5.10 Å². The Bertz CT molecular complexity index is 1050. The Hall–Kier alpha value is -3.26. The minimum Gasteiger partial charge on any atom is -0.460 e. The van der Waals surface area contributed by atoms with E-state index in [9.17, 15) is 14.5 Å². The van der Waals surface area contributed by atoms with Crippen molar-refractivity contribution in [1.82, 2.24) is 9.78 Å². The van der Waals surface area contributed by atoms with Gasteiger partial charge in [-0.05, 0) is 26.0 Å². The van der Waals surface area contributed by atoms with Crippen LogP contribution in [0.4, 0.5) is 10.1 Å². The molecule has 8 heteroatoms. The zero-order valence-electron chi connectivity index (χ0n) is 15.4. The molecule has 4 rings (SSSR count). The molecule has 0 radical (unpaired) electrons. The Balaban J connectivity index is 1.71. The lowest BCUT2D eigenvalue weighted by atomic mass is 10.1. The number of hydrogen-bond donors (Lipinski definition) is 0. The van der Waals surface area contributed by atoms with Crippen LogP contribution in [0.5, 0.6) is 5.75 Å². The standard InChI is InChI=1S/C20H18FN3O4/c1-12-18(24(25)26)13(2)23(22-12)10-15-8-17(21)9-16-11-27-20(28-19(15)16)14-6-4-3-5-7-14/h3-9,20H,10-11H2,1-2H3/t20-/m0/s1. The lowest BCUT2D eigenvalue weighted by Gasteiger charge is -2.28. The molecule has 1 aliphatic heterocycles. The fourth-order valence-electron chi connectivity index (χ4n) is 3.44. The third-order valence-corrected chi connectivity index (χ3v) is 4.74. The Morgan fingerprint density at radius 3 is 2.71 bits per heavy atom. The van der Waals surface area contributed by atoms with Gasteiger partial charge in [0.1, 0.15) is 23.0 Å². The number of fused-ring (bicyclic) bond motifs is 1. The second-order valence-electron chi connectivity index (χ2n) is 6.66. The Kier molecular flexibility index (Phi) is 4.56. The molecule has 144 valence electrons. The summed E-state index contributed by atoms with van der Waals surface area (Å²) in [5, 5.41) is 15.5. The van der Waals surface area contributed by atoms with Crippen molar-refractivity contribution in [3.63, 3.8) is 0 Å². The van der Waals surface area contributed by atoms with E-state index < -0.39 is 17.0 Å². The quantitative estimate of drug-likeness (QED) is 0.498.